The molecular formula is C11H19N3. The standard InChI is InChI=1S/C11H19N3/c1-5-7-14-9(4)13-10(11(14)12)8(3)6-2/h5,8H,1,6-7,12H2,2-4H3. The number of rotatable bonds is 4. The first kappa shape index (κ1) is 10.8. The van der Waals surface area contributed by atoms with E-state index in [0.29, 0.717) is 5.92 Å². The Bertz CT molecular complexity index is 326. The van der Waals surface area contributed by atoms with Crippen LogP contribution < -0.4 is 5.73 Å². The van der Waals surface area contributed by atoms with E-state index in [1.807, 2.05) is 17.6 Å². The lowest BCUT2D eigenvalue weighted by atomic mass is 10.1. The van der Waals surface area contributed by atoms with Crippen LogP contribution >= 0.6 is 0 Å². The van der Waals surface area contributed by atoms with E-state index in [9.17, 15) is 0 Å². The summed E-state index contributed by atoms with van der Waals surface area (Å²) in [7, 11) is 0. The number of nitrogens with zero attached hydrogens (tertiary/aromatic N) is 2. The quantitative estimate of drug-likeness (QED) is 0.746. The van der Waals surface area contributed by atoms with Gasteiger partial charge in [-0.25, -0.2) is 4.98 Å². The van der Waals surface area contributed by atoms with Crippen LogP contribution in [0.1, 0.15) is 37.7 Å². The van der Waals surface area contributed by atoms with Crippen LogP contribution in [-0.2, 0) is 6.54 Å². The van der Waals surface area contributed by atoms with E-state index in [4.69, 9.17) is 5.73 Å². The SMILES string of the molecule is C=CCn1c(C)nc(C(C)CC)c1N. The van der Waals surface area contributed by atoms with Crippen molar-refractivity contribution in [3.63, 3.8) is 0 Å². The lowest BCUT2D eigenvalue weighted by Gasteiger charge is -2.07. The fourth-order valence-electron chi connectivity index (χ4n) is 1.52. The number of aryl methyl sites for hydroxylation is 1. The zero-order valence-corrected chi connectivity index (χ0v) is 9.25. The highest BCUT2D eigenvalue weighted by molar-refractivity contribution is 5.40. The van der Waals surface area contributed by atoms with Crippen molar-refractivity contribution in [2.45, 2.75) is 39.7 Å². The van der Waals surface area contributed by atoms with Gasteiger partial charge < -0.3 is 10.3 Å². The molecule has 0 saturated carbocycles. The van der Waals surface area contributed by atoms with E-state index in [-0.39, 0.29) is 0 Å². The summed E-state index contributed by atoms with van der Waals surface area (Å²) in [6, 6.07) is 0. The molecule has 3 nitrogen and oxygen atoms in total. The number of imidazole rings is 1. The summed E-state index contributed by atoms with van der Waals surface area (Å²) in [5.74, 6) is 2.19. The Hall–Kier alpha value is -1.25. The largest absolute Gasteiger partial charge is 0.384 e. The molecular weight excluding hydrogens is 174 g/mol. The molecule has 78 valence electrons. The van der Waals surface area contributed by atoms with E-state index < -0.39 is 0 Å². The zero-order valence-electron chi connectivity index (χ0n) is 9.25. The maximum Gasteiger partial charge on any atom is 0.127 e. The Morgan fingerprint density at radius 2 is 2.29 bits per heavy atom. The second kappa shape index (κ2) is 4.31. The molecule has 1 aromatic heterocycles. The summed E-state index contributed by atoms with van der Waals surface area (Å²) < 4.78 is 1.99. The van der Waals surface area contributed by atoms with Crippen LogP contribution in [0.3, 0.4) is 0 Å². The van der Waals surface area contributed by atoms with Gasteiger partial charge in [0.05, 0.1) is 5.69 Å². The van der Waals surface area contributed by atoms with Crippen molar-refractivity contribution in [2.75, 3.05) is 5.73 Å². The van der Waals surface area contributed by atoms with Gasteiger partial charge in [0.25, 0.3) is 0 Å². The van der Waals surface area contributed by atoms with Crippen molar-refractivity contribution in [3.8, 4) is 0 Å². The van der Waals surface area contributed by atoms with Crippen LogP contribution in [-0.4, -0.2) is 9.55 Å². The molecule has 0 aromatic carbocycles. The fourth-order valence-corrected chi connectivity index (χ4v) is 1.52. The van der Waals surface area contributed by atoms with Crippen LogP contribution in [0.5, 0.6) is 0 Å². The van der Waals surface area contributed by atoms with Crippen molar-refractivity contribution in [3.05, 3.63) is 24.2 Å². The third kappa shape index (κ3) is 1.81. The molecule has 1 aromatic rings. The predicted molar refractivity (Wildman–Crippen MR) is 60.3 cm³/mol. The minimum atomic E-state index is 0.430. The van der Waals surface area contributed by atoms with Crippen molar-refractivity contribution in [1.82, 2.24) is 9.55 Å². The molecule has 0 aliphatic rings. The van der Waals surface area contributed by atoms with Crippen molar-refractivity contribution >= 4 is 5.82 Å². The first-order valence-electron chi connectivity index (χ1n) is 5.05. The summed E-state index contributed by atoms with van der Waals surface area (Å²) in [5.41, 5.74) is 7.04. The Kier molecular flexibility index (Phi) is 3.33. The Balaban J connectivity index is 3.09. The molecule has 1 rings (SSSR count). The molecule has 1 unspecified atom stereocenters. The third-order valence-corrected chi connectivity index (χ3v) is 2.62. The lowest BCUT2D eigenvalue weighted by molar-refractivity contribution is 0.713. The topological polar surface area (TPSA) is 43.8 Å². The Labute approximate surface area is 85.6 Å². The van der Waals surface area contributed by atoms with Crippen LogP contribution in [0, 0.1) is 6.92 Å². The molecule has 0 saturated heterocycles. The second-order valence-electron chi connectivity index (χ2n) is 3.64. The smallest absolute Gasteiger partial charge is 0.127 e. The van der Waals surface area contributed by atoms with Gasteiger partial charge in [-0.05, 0) is 13.3 Å². The zero-order chi connectivity index (χ0) is 10.7. The maximum atomic E-state index is 6.02. The average molecular weight is 193 g/mol. The molecule has 0 aliphatic heterocycles. The third-order valence-electron chi connectivity index (χ3n) is 2.62. The maximum absolute atomic E-state index is 6.02. The average Bonchev–Trinajstić information content (AvgIpc) is 2.45. The molecule has 3 heteroatoms. The highest BCUT2D eigenvalue weighted by Gasteiger charge is 2.15. The predicted octanol–water partition coefficient (Wildman–Crippen LogP) is 2.47. The van der Waals surface area contributed by atoms with Gasteiger partial charge in [-0.2, -0.15) is 0 Å². The number of hydrogen-bond acceptors (Lipinski definition) is 2. The number of nitrogens with two attached hydrogens (primary N) is 1. The molecule has 1 atom stereocenters. The summed E-state index contributed by atoms with van der Waals surface area (Å²) >= 11 is 0. The van der Waals surface area contributed by atoms with E-state index in [2.05, 4.69) is 25.4 Å². The van der Waals surface area contributed by atoms with E-state index in [1.54, 1.807) is 0 Å². The highest BCUT2D eigenvalue weighted by atomic mass is 15.1. The Morgan fingerprint density at radius 1 is 1.64 bits per heavy atom. The summed E-state index contributed by atoms with van der Waals surface area (Å²) in [6.45, 7) is 10.7. The van der Waals surface area contributed by atoms with Crippen LogP contribution in [0.2, 0.25) is 0 Å². The number of allylic oxidation sites excluding steroid dienone is 1. The van der Waals surface area contributed by atoms with Gasteiger partial charge in [0.2, 0.25) is 0 Å². The fraction of sp³-hybridized carbons (Fsp3) is 0.545. The van der Waals surface area contributed by atoms with Crippen molar-refractivity contribution < 1.29 is 0 Å². The number of anilines is 1. The van der Waals surface area contributed by atoms with Gasteiger partial charge in [-0.15, -0.1) is 6.58 Å². The first-order chi connectivity index (χ1) is 6.61. The summed E-state index contributed by atoms with van der Waals surface area (Å²) in [4.78, 5) is 4.49. The van der Waals surface area contributed by atoms with E-state index in [1.165, 1.54) is 0 Å². The van der Waals surface area contributed by atoms with Crippen LogP contribution in [0.15, 0.2) is 12.7 Å². The van der Waals surface area contributed by atoms with Crippen molar-refractivity contribution in [2.24, 2.45) is 0 Å². The van der Waals surface area contributed by atoms with E-state index in [0.717, 1.165) is 30.3 Å². The van der Waals surface area contributed by atoms with Gasteiger partial charge in [0.1, 0.15) is 11.6 Å². The Morgan fingerprint density at radius 3 is 2.79 bits per heavy atom. The number of aromatic nitrogens is 2. The van der Waals surface area contributed by atoms with Gasteiger partial charge in [-0.1, -0.05) is 19.9 Å². The molecule has 0 spiro atoms. The van der Waals surface area contributed by atoms with Gasteiger partial charge in [0.15, 0.2) is 0 Å². The van der Waals surface area contributed by atoms with E-state index >= 15 is 0 Å². The van der Waals surface area contributed by atoms with Crippen LogP contribution in [0.25, 0.3) is 0 Å². The molecule has 14 heavy (non-hydrogen) atoms. The minimum absolute atomic E-state index is 0.430. The normalized spacial score (nSPS) is 12.8. The van der Waals surface area contributed by atoms with Gasteiger partial charge in [-0.3, -0.25) is 0 Å². The minimum Gasteiger partial charge on any atom is -0.384 e. The van der Waals surface area contributed by atoms with Crippen molar-refractivity contribution in [1.29, 1.82) is 0 Å². The van der Waals surface area contributed by atoms with Gasteiger partial charge >= 0.3 is 0 Å². The van der Waals surface area contributed by atoms with Gasteiger partial charge in [0, 0.05) is 12.5 Å². The highest BCUT2D eigenvalue weighted by Crippen LogP contribution is 2.24. The lowest BCUT2D eigenvalue weighted by Crippen LogP contribution is -2.04. The van der Waals surface area contributed by atoms with Crippen LogP contribution in [0.4, 0.5) is 5.82 Å². The molecule has 2 N–H and O–H groups in total. The number of nitrogen functional groups attached to an aromatic ring is 1. The molecule has 1 heterocycles. The molecule has 0 fully saturated rings. The molecule has 0 radical (unpaired) electrons. The second-order valence-corrected chi connectivity index (χ2v) is 3.64. The molecule has 0 aliphatic carbocycles. The molecule has 0 bridgehead atoms. The number of hydrogen-bond donors (Lipinski definition) is 1. The summed E-state index contributed by atoms with van der Waals surface area (Å²) in [6.07, 6.45) is 2.90. The molecule has 0 amide bonds. The first-order valence-corrected chi connectivity index (χ1v) is 5.05. The summed E-state index contributed by atoms with van der Waals surface area (Å²) in [5, 5.41) is 0. The monoisotopic (exact) mass is 193 g/mol.